The van der Waals surface area contributed by atoms with Crippen LogP contribution in [-0.2, 0) is 4.79 Å². The van der Waals surface area contributed by atoms with E-state index in [-0.39, 0.29) is 30.7 Å². The van der Waals surface area contributed by atoms with Crippen molar-refractivity contribution in [3.8, 4) is 0 Å². The number of urea groups is 1. The molecular formula is C19H18FN3O3. The normalized spacial score (nSPS) is 16.5. The number of amides is 3. The number of hydrogen-bond acceptors (Lipinski definition) is 3. The molecule has 0 unspecified atom stereocenters. The molecular weight excluding hydrogens is 337 g/mol. The summed E-state index contributed by atoms with van der Waals surface area (Å²) < 4.78 is 13.3. The molecule has 3 rings (SSSR count). The minimum atomic E-state index is -0.468. The van der Waals surface area contributed by atoms with Gasteiger partial charge >= 0.3 is 6.03 Å². The molecule has 0 aromatic heterocycles. The fraction of sp³-hybridized carbons (Fsp3) is 0.211. The minimum Gasteiger partial charge on any atom is -0.333 e. The SMILES string of the molecule is CC(=O)c1cccc(NC(=O)N[C@H]2CC(=O)N(c3cccc(F)c3)C2)c1. The molecule has 0 saturated carbocycles. The van der Waals surface area contributed by atoms with E-state index in [1.807, 2.05) is 0 Å². The smallest absolute Gasteiger partial charge is 0.319 e. The van der Waals surface area contributed by atoms with Crippen LogP contribution >= 0.6 is 0 Å². The highest BCUT2D eigenvalue weighted by atomic mass is 19.1. The van der Waals surface area contributed by atoms with Crippen molar-refractivity contribution in [3.05, 3.63) is 59.9 Å². The number of nitrogens with one attached hydrogen (secondary N) is 2. The van der Waals surface area contributed by atoms with E-state index >= 15 is 0 Å². The average molecular weight is 355 g/mol. The zero-order chi connectivity index (χ0) is 18.7. The molecule has 1 saturated heterocycles. The third-order valence-corrected chi connectivity index (χ3v) is 4.11. The fourth-order valence-corrected chi connectivity index (χ4v) is 2.87. The van der Waals surface area contributed by atoms with Crippen LogP contribution in [0.25, 0.3) is 0 Å². The number of ketones is 1. The monoisotopic (exact) mass is 355 g/mol. The summed E-state index contributed by atoms with van der Waals surface area (Å²) in [4.78, 5) is 37.2. The second-order valence-corrected chi connectivity index (χ2v) is 6.12. The van der Waals surface area contributed by atoms with Gasteiger partial charge in [-0.05, 0) is 37.3 Å². The van der Waals surface area contributed by atoms with Gasteiger partial charge in [0.05, 0.1) is 6.04 Å². The second kappa shape index (κ2) is 7.35. The first kappa shape index (κ1) is 17.6. The predicted octanol–water partition coefficient (Wildman–Crippen LogP) is 2.96. The van der Waals surface area contributed by atoms with Crippen LogP contribution in [0.5, 0.6) is 0 Å². The lowest BCUT2D eigenvalue weighted by Gasteiger charge is -2.17. The van der Waals surface area contributed by atoms with Crippen LogP contribution in [-0.4, -0.2) is 30.3 Å². The van der Waals surface area contributed by atoms with Crippen LogP contribution in [0.3, 0.4) is 0 Å². The Hall–Kier alpha value is -3.22. The molecule has 26 heavy (non-hydrogen) atoms. The molecule has 1 heterocycles. The summed E-state index contributed by atoms with van der Waals surface area (Å²) in [6.45, 7) is 1.72. The van der Waals surface area contributed by atoms with Gasteiger partial charge in [0.25, 0.3) is 0 Å². The van der Waals surface area contributed by atoms with Crippen LogP contribution in [0.4, 0.5) is 20.6 Å². The van der Waals surface area contributed by atoms with Gasteiger partial charge in [0.15, 0.2) is 5.78 Å². The van der Waals surface area contributed by atoms with Crippen molar-refractivity contribution in [2.75, 3.05) is 16.8 Å². The van der Waals surface area contributed by atoms with E-state index < -0.39 is 11.8 Å². The lowest BCUT2D eigenvalue weighted by molar-refractivity contribution is -0.117. The van der Waals surface area contributed by atoms with E-state index in [0.29, 0.717) is 16.9 Å². The van der Waals surface area contributed by atoms with E-state index in [1.54, 1.807) is 30.3 Å². The van der Waals surface area contributed by atoms with E-state index in [1.165, 1.54) is 30.0 Å². The summed E-state index contributed by atoms with van der Waals surface area (Å²) in [5.74, 6) is -0.699. The topological polar surface area (TPSA) is 78.5 Å². The number of nitrogens with zero attached hydrogens (tertiary/aromatic N) is 1. The summed E-state index contributed by atoms with van der Waals surface area (Å²) in [6, 6.07) is 11.5. The molecule has 0 aliphatic carbocycles. The number of hydrogen-bond donors (Lipinski definition) is 2. The Morgan fingerprint density at radius 1 is 1.15 bits per heavy atom. The Bertz CT molecular complexity index is 869. The summed E-state index contributed by atoms with van der Waals surface area (Å²) in [5.41, 5.74) is 1.45. The zero-order valence-corrected chi connectivity index (χ0v) is 14.2. The highest BCUT2D eigenvalue weighted by Crippen LogP contribution is 2.22. The lowest BCUT2D eigenvalue weighted by Crippen LogP contribution is -2.39. The summed E-state index contributed by atoms with van der Waals surface area (Å²) in [5, 5.41) is 5.38. The molecule has 1 aliphatic heterocycles. The number of carbonyl (C=O) groups excluding carboxylic acids is 3. The standard InChI is InChI=1S/C19H18FN3O3/c1-12(24)13-4-2-6-15(8-13)21-19(26)22-16-10-18(25)23(11-16)17-7-3-5-14(20)9-17/h2-9,16H,10-11H2,1H3,(H2,21,22,26)/t16-/m0/s1. The van der Waals surface area contributed by atoms with Gasteiger partial charge in [0, 0.05) is 29.9 Å². The summed E-state index contributed by atoms with van der Waals surface area (Å²) >= 11 is 0. The van der Waals surface area contributed by atoms with Gasteiger partial charge in [-0.15, -0.1) is 0 Å². The molecule has 6 nitrogen and oxygen atoms in total. The largest absolute Gasteiger partial charge is 0.333 e. The number of anilines is 2. The van der Waals surface area contributed by atoms with Crippen molar-refractivity contribution in [3.63, 3.8) is 0 Å². The van der Waals surface area contributed by atoms with Crippen molar-refractivity contribution in [2.24, 2.45) is 0 Å². The third kappa shape index (κ3) is 4.05. The molecule has 1 fully saturated rings. The van der Waals surface area contributed by atoms with Crippen molar-refractivity contribution >= 4 is 29.1 Å². The van der Waals surface area contributed by atoms with Crippen LogP contribution in [0.1, 0.15) is 23.7 Å². The van der Waals surface area contributed by atoms with E-state index in [0.717, 1.165) is 0 Å². The van der Waals surface area contributed by atoms with Gasteiger partial charge in [-0.2, -0.15) is 0 Å². The van der Waals surface area contributed by atoms with Gasteiger partial charge in [-0.1, -0.05) is 18.2 Å². The number of rotatable bonds is 4. The predicted molar refractivity (Wildman–Crippen MR) is 95.8 cm³/mol. The Morgan fingerprint density at radius 3 is 2.65 bits per heavy atom. The average Bonchev–Trinajstić information content (AvgIpc) is 2.95. The molecule has 3 amide bonds. The summed E-state index contributed by atoms with van der Waals surface area (Å²) in [7, 11) is 0. The lowest BCUT2D eigenvalue weighted by atomic mass is 10.1. The first-order chi connectivity index (χ1) is 12.4. The van der Waals surface area contributed by atoms with E-state index in [4.69, 9.17) is 0 Å². The molecule has 0 bridgehead atoms. The maximum atomic E-state index is 13.3. The highest BCUT2D eigenvalue weighted by Gasteiger charge is 2.31. The number of benzene rings is 2. The molecule has 1 aliphatic rings. The number of Topliss-reactive ketones (excluding diaryl/α,β-unsaturated/α-hetero) is 1. The summed E-state index contributed by atoms with van der Waals surface area (Å²) in [6.07, 6.45) is 0.136. The maximum absolute atomic E-state index is 13.3. The number of carbonyl (C=O) groups is 3. The molecule has 0 radical (unpaired) electrons. The van der Waals surface area contributed by atoms with Gasteiger partial charge in [-0.25, -0.2) is 9.18 Å². The third-order valence-electron chi connectivity index (χ3n) is 4.11. The molecule has 1 atom stereocenters. The highest BCUT2D eigenvalue weighted by molar-refractivity contribution is 5.98. The Kier molecular flexibility index (Phi) is 4.97. The minimum absolute atomic E-state index is 0.0961. The Balaban J connectivity index is 1.61. The quantitative estimate of drug-likeness (QED) is 0.828. The number of halogens is 1. The Morgan fingerprint density at radius 2 is 1.92 bits per heavy atom. The van der Waals surface area contributed by atoms with E-state index in [2.05, 4.69) is 10.6 Å². The van der Waals surface area contributed by atoms with Gasteiger partial charge in [0.2, 0.25) is 5.91 Å². The molecule has 2 N–H and O–H groups in total. The first-order valence-electron chi connectivity index (χ1n) is 8.17. The molecule has 2 aromatic carbocycles. The van der Waals surface area contributed by atoms with Gasteiger partial charge < -0.3 is 15.5 Å². The van der Waals surface area contributed by atoms with Crippen LogP contribution in [0.15, 0.2) is 48.5 Å². The van der Waals surface area contributed by atoms with Crippen molar-refractivity contribution in [1.82, 2.24) is 5.32 Å². The first-order valence-corrected chi connectivity index (χ1v) is 8.17. The second-order valence-electron chi connectivity index (χ2n) is 6.12. The molecule has 7 heteroatoms. The Labute approximate surface area is 150 Å². The molecule has 134 valence electrons. The van der Waals surface area contributed by atoms with Crippen LogP contribution < -0.4 is 15.5 Å². The van der Waals surface area contributed by atoms with Gasteiger partial charge in [0.1, 0.15) is 5.82 Å². The van der Waals surface area contributed by atoms with Crippen molar-refractivity contribution in [2.45, 2.75) is 19.4 Å². The van der Waals surface area contributed by atoms with Crippen molar-refractivity contribution < 1.29 is 18.8 Å². The maximum Gasteiger partial charge on any atom is 0.319 e. The van der Waals surface area contributed by atoms with Gasteiger partial charge in [-0.3, -0.25) is 9.59 Å². The van der Waals surface area contributed by atoms with Crippen LogP contribution in [0.2, 0.25) is 0 Å². The molecule has 0 spiro atoms. The zero-order valence-electron chi connectivity index (χ0n) is 14.2. The molecule has 2 aromatic rings. The fourth-order valence-electron chi connectivity index (χ4n) is 2.87. The van der Waals surface area contributed by atoms with Crippen LogP contribution in [0, 0.1) is 5.82 Å². The van der Waals surface area contributed by atoms with Crippen molar-refractivity contribution in [1.29, 1.82) is 0 Å². The van der Waals surface area contributed by atoms with E-state index in [9.17, 15) is 18.8 Å².